The van der Waals surface area contributed by atoms with Gasteiger partial charge in [-0.15, -0.1) is 0 Å². The Bertz CT molecular complexity index is 1160. The van der Waals surface area contributed by atoms with Crippen LogP contribution >= 0.6 is 11.6 Å². The van der Waals surface area contributed by atoms with Crippen molar-refractivity contribution in [3.05, 3.63) is 76.0 Å². The molecular formula is C21H18ClF3N6O. The van der Waals surface area contributed by atoms with Crippen LogP contribution in [-0.4, -0.2) is 32.3 Å². The van der Waals surface area contributed by atoms with E-state index in [9.17, 15) is 18.0 Å². The maximum atomic E-state index is 13.1. The third-order valence-corrected chi connectivity index (χ3v) is 5.18. The zero-order valence-electron chi connectivity index (χ0n) is 16.7. The lowest BCUT2D eigenvalue weighted by Gasteiger charge is -2.29. The Kier molecular flexibility index (Phi) is 5.88. The molecule has 0 fully saturated rings. The van der Waals surface area contributed by atoms with E-state index in [0.29, 0.717) is 41.3 Å². The fourth-order valence-electron chi connectivity index (χ4n) is 3.52. The molecule has 0 spiro atoms. The van der Waals surface area contributed by atoms with Crippen LogP contribution in [0.2, 0.25) is 5.28 Å². The van der Waals surface area contributed by atoms with Gasteiger partial charge in [-0.05, 0) is 47.5 Å². The predicted molar refractivity (Wildman–Crippen MR) is 113 cm³/mol. The molecule has 0 saturated heterocycles. The number of hydrogen-bond acceptors (Lipinski definition) is 6. The summed E-state index contributed by atoms with van der Waals surface area (Å²) in [5.41, 5.74) is 6.81. The molecule has 7 nitrogen and oxygen atoms in total. The van der Waals surface area contributed by atoms with E-state index in [0.717, 1.165) is 12.1 Å². The smallest absolute Gasteiger partial charge is 0.399 e. The number of fused-ring (bicyclic) bond motifs is 1. The molecule has 166 valence electrons. The number of carbonyl (C=O) groups excluding carboxylic acids is 1. The van der Waals surface area contributed by atoms with Gasteiger partial charge in [0.25, 0.3) is 5.91 Å². The highest BCUT2D eigenvalue weighted by Crippen LogP contribution is 2.32. The quantitative estimate of drug-likeness (QED) is 0.450. The molecule has 0 atom stereocenters. The van der Waals surface area contributed by atoms with Gasteiger partial charge in [-0.2, -0.15) is 13.2 Å². The van der Waals surface area contributed by atoms with Crippen LogP contribution in [0.25, 0.3) is 0 Å². The molecule has 1 aliphatic rings. The minimum Gasteiger partial charge on any atom is -0.399 e. The molecule has 4 rings (SSSR count). The van der Waals surface area contributed by atoms with E-state index in [1.165, 1.54) is 6.07 Å². The second kappa shape index (κ2) is 8.62. The second-order valence-corrected chi connectivity index (χ2v) is 7.61. The number of aromatic nitrogens is 3. The number of halogens is 4. The van der Waals surface area contributed by atoms with E-state index in [2.05, 4.69) is 20.3 Å². The number of hydrogen-bond donors (Lipinski definition) is 2. The molecule has 0 unspecified atom stereocenters. The fourth-order valence-corrected chi connectivity index (χ4v) is 3.71. The summed E-state index contributed by atoms with van der Waals surface area (Å²) in [6, 6.07) is 8.45. The summed E-state index contributed by atoms with van der Waals surface area (Å²) in [5.74, 6) is 0.123. The number of anilines is 2. The summed E-state index contributed by atoms with van der Waals surface area (Å²) >= 11 is 6.05. The number of amides is 1. The largest absolute Gasteiger partial charge is 0.416 e. The maximum absolute atomic E-state index is 13.1. The molecule has 3 heterocycles. The van der Waals surface area contributed by atoms with E-state index in [4.69, 9.17) is 17.3 Å². The van der Waals surface area contributed by atoms with Crippen LogP contribution in [0, 0.1) is 0 Å². The lowest BCUT2D eigenvalue weighted by atomic mass is 10.0. The van der Waals surface area contributed by atoms with Crippen molar-refractivity contribution in [2.45, 2.75) is 25.7 Å². The Hall–Kier alpha value is -3.40. The molecule has 0 saturated carbocycles. The number of nitrogens with two attached hydrogens (primary N) is 1. The molecule has 0 aliphatic carbocycles. The number of carbonyl (C=O) groups is 1. The van der Waals surface area contributed by atoms with Crippen LogP contribution in [-0.2, 0) is 25.7 Å². The van der Waals surface area contributed by atoms with Gasteiger partial charge in [0.05, 0.1) is 17.8 Å². The summed E-state index contributed by atoms with van der Waals surface area (Å²) in [6.45, 7) is 0.677. The van der Waals surface area contributed by atoms with E-state index in [1.807, 2.05) is 0 Å². The SMILES string of the molecule is Nc1cc(CNc2nc(Cl)nc3c2CN(C(=O)c2ccccn2)CC3)cc(C(F)(F)F)c1. The van der Waals surface area contributed by atoms with E-state index in [-0.39, 0.29) is 30.0 Å². The van der Waals surface area contributed by atoms with Gasteiger partial charge in [0.15, 0.2) is 0 Å². The van der Waals surface area contributed by atoms with Crippen molar-refractivity contribution >= 4 is 29.0 Å². The number of nitrogen functional groups attached to an aromatic ring is 1. The first-order chi connectivity index (χ1) is 15.2. The summed E-state index contributed by atoms with van der Waals surface area (Å²) < 4.78 is 39.3. The second-order valence-electron chi connectivity index (χ2n) is 7.27. The van der Waals surface area contributed by atoms with Crippen LogP contribution in [0.4, 0.5) is 24.7 Å². The van der Waals surface area contributed by atoms with Gasteiger partial charge in [0.1, 0.15) is 11.5 Å². The number of alkyl halides is 3. The topological polar surface area (TPSA) is 97.0 Å². The first-order valence-electron chi connectivity index (χ1n) is 9.67. The maximum Gasteiger partial charge on any atom is 0.416 e. The summed E-state index contributed by atoms with van der Waals surface area (Å²) in [6.07, 6.45) is -2.50. The van der Waals surface area contributed by atoms with Gasteiger partial charge in [0, 0.05) is 37.0 Å². The molecule has 3 aromatic rings. The predicted octanol–water partition coefficient (Wildman–Crippen LogP) is 3.94. The lowest BCUT2D eigenvalue weighted by molar-refractivity contribution is -0.137. The van der Waals surface area contributed by atoms with Crippen molar-refractivity contribution in [1.82, 2.24) is 19.9 Å². The van der Waals surface area contributed by atoms with Crippen LogP contribution < -0.4 is 11.1 Å². The molecule has 0 bridgehead atoms. The standard InChI is InChI=1S/C21H18ClF3N6O/c22-20-29-16-4-6-31(19(32)17-3-1-2-5-27-17)11-15(16)18(30-20)28-10-12-7-13(21(23,24)25)9-14(26)8-12/h1-3,5,7-9H,4,6,10-11,26H2,(H,28,29,30). The van der Waals surface area contributed by atoms with Crippen molar-refractivity contribution < 1.29 is 18.0 Å². The third kappa shape index (κ3) is 4.75. The molecule has 32 heavy (non-hydrogen) atoms. The minimum atomic E-state index is -4.51. The normalized spacial score (nSPS) is 13.6. The number of rotatable bonds is 4. The molecule has 1 aliphatic heterocycles. The summed E-state index contributed by atoms with van der Waals surface area (Å²) in [4.78, 5) is 27.0. The van der Waals surface area contributed by atoms with E-state index < -0.39 is 11.7 Å². The Morgan fingerprint density at radius 2 is 2.03 bits per heavy atom. The van der Waals surface area contributed by atoms with Crippen molar-refractivity contribution in [3.8, 4) is 0 Å². The molecule has 0 radical (unpaired) electrons. The average molecular weight is 463 g/mol. The molecule has 3 N–H and O–H groups in total. The van der Waals surface area contributed by atoms with Gasteiger partial charge >= 0.3 is 6.18 Å². The van der Waals surface area contributed by atoms with Gasteiger partial charge < -0.3 is 16.0 Å². The number of benzene rings is 1. The zero-order valence-corrected chi connectivity index (χ0v) is 17.4. The van der Waals surface area contributed by atoms with Gasteiger partial charge in [-0.25, -0.2) is 9.97 Å². The Morgan fingerprint density at radius 1 is 1.22 bits per heavy atom. The van der Waals surface area contributed by atoms with Crippen molar-refractivity contribution in [2.75, 3.05) is 17.6 Å². The van der Waals surface area contributed by atoms with Crippen molar-refractivity contribution in [3.63, 3.8) is 0 Å². The highest BCUT2D eigenvalue weighted by Gasteiger charge is 2.31. The third-order valence-electron chi connectivity index (χ3n) is 5.01. The Labute approximate surface area is 186 Å². The fraction of sp³-hybridized carbons (Fsp3) is 0.238. The Morgan fingerprint density at radius 3 is 2.75 bits per heavy atom. The van der Waals surface area contributed by atoms with E-state index in [1.54, 1.807) is 29.3 Å². The van der Waals surface area contributed by atoms with Crippen LogP contribution in [0.1, 0.15) is 32.9 Å². The highest BCUT2D eigenvalue weighted by atomic mass is 35.5. The summed E-state index contributed by atoms with van der Waals surface area (Å²) in [7, 11) is 0. The van der Waals surface area contributed by atoms with Crippen LogP contribution in [0.5, 0.6) is 0 Å². The highest BCUT2D eigenvalue weighted by molar-refractivity contribution is 6.28. The number of nitrogens with zero attached hydrogens (tertiary/aromatic N) is 4. The molecule has 2 aromatic heterocycles. The van der Waals surface area contributed by atoms with Crippen LogP contribution in [0.15, 0.2) is 42.6 Å². The Balaban J connectivity index is 1.57. The molecule has 1 aromatic carbocycles. The van der Waals surface area contributed by atoms with E-state index >= 15 is 0 Å². The number of pyridine rings is 1. The monoisotopic (exact) mass is 462 g/mol. The van der Waals surface area contributed by atoms with Gasteiger partial charge in [-0.1, -0.05) is 6.07 Å². The molecular weight excluding hydrogens is 445 g/mol. The van der Waals surface area contributed by atoms with Crippen LogP contribution in [0.3, 0.4) is 0 Å². The first kappa shape index (κ1) is 21.8. The summed E-state index contributed by atoms with van der Waals surface area (Å²) in [5, 5.41) is 3.04. The first-order valence-corrected chi connectivity index (χ1v) is 10.0. The lowest BCUT2D eigenvalue weighted by Crippen LogP contribution is -2.37. The van der Waals surface area contributed by atoms with Gasteiger partial charge in [-0.3, -0.25) is 9.78 Å². The van der Waals surface area contributed by atoms with Gasteiger partial charge in [0.2, 0.25) is 5.28 Å². The molecule has 11 heteroatoms. The minimum absolute atomic E-state index is 0.00602. The molecule has 1 amide bonds. The average Bonchev–Trinajstić information content (AvgIpc) is 2.76. The van der Waals surface area contributed by atoms with Crippen molar-refractivity contribution in [1.29, 1.82) is 0 Å². The zero-order chi connectivity index (χ0) is 22.9. The number of nitrogens with one attached hydrogen (secondary N) is 1. The van der Waals surface area contributed by atoms with Crippen molar-refractivity contribution in [2.24, 2.45) is 0 Å².